The molecule has 3 aromatic rings. The van der Waals surface area contributed by atoms with Gasteiger partial charge in [-0.15, -0.1) is 0 Å². The molecule has 0 saturated carbocycles. The number of nitrogens with one attached hydrogen (secondary N) is 1. The van der Waals surface area contributed by atoms with E-state index < -0.39 is 11.9 Å². The lowest BCUT2D eigenvalue weighted by atomic mass is 10.1. The van der Waals surface area contributed by atoms with Crippen molar-refractivity contribution < 1.29 is 23.5 Å². The molecule has 0 saturated heterocycles. The Morgan fingerprint density at radius 3 is 2.59 bits per heavy atom. The van der Waals surface area contributed by atoms with Crippen molar-refractivity contribution >= 4 is 41.2 Å². The minimum atomic E-state index is -0.653. The quantitative estimate of drug-likeness (QED) is 0.224. The molecule has 3 rings (SSSR count). The summed E-state index contributed by atoms with van der Waals surface area (Å²) in [5.41, 5.74) is 0.602. The highest BCUT2D eigenvalue weighted by molar-refractivity contribution is 6.42. The molecule has 1 N–H and O–H groups in total. The minimum absolute atomic E-state index is 0.112. The Morgan fingerprint density at radius 1 is 1.12 bits per heavy atom. The van der Waals surface area contributed by atoms with E-state index in [4.69, 9.17) is 37.1 Å². The van der Waals surface area contributed by atoms with Crippen LogP contribution in [0, 0.1) is 11.3 Å². The Morgan fingerprint density at radius 2 is 1.94 bits per heavy atom. The summed E-state index contributed by atoms with van der Waals surface area (Å²) in [5.74, 6) is -0.259. The average molecular weight is 471 g/mol. The molecule has 9 heteroatoms. The van der Waals surface area contributed by atoms with E-state index in [0.717, 1.165) is 0 Å². The summed E-state index contributed by atoms with van der Waals surface area (Å²) in [7, 11) is 1.40. The Hall–Kier alpha value is -3.73. The van der Waals surface area contributed by atoms with Gasteiger partial charge in [0.15, 0.2) is 11.5 Å². The average Bonchev–Trinajstić information content (AvgIpc) is 3.32. The zero-order valence-corrected chi connectivity index (χ0v) is 18.2. The van der Waals surface area contributed by atoms with Crippen LogP contribution in [0.5, 0.6) is 11.5 Å². The molecule has 1 heterocycles. The largest absolute Gasteiger partial charge is 0.493 e. The fraction of sp³-hybridized carbons (Fsp3) is 0.0870. The molecule has 0 aliphatic heterocycles. The standard InChI is InChI=1S/C23H16Cl2N2O5/c1-30-21-10-14(9-16(12-26)22(28)27-13-17-3-2-8-31-17)4-7-20(21)32-23(29)15-5-6-18(24)19(25)11-15/h2-11H,13H2,1H3,(H,27,28). The number of ether oxygens (including phenoxy) is 2. The third-order valence-corrected chi connectivity index (χ3v) is 4.96. The second-order valence-corrected chi connectivity index (χ2v) is 7.17. The number of benzene rings is 2. The maximum absolute atomic E-state index is 12.4. The lowest BCUT2D eigenvalue weighted by Gasteiger charge is -2.10. The van der Waals surface area contributed by atoms with Gasteiger partial charge in [0, 0.05) is 0 Å². The second-order valence-electron chi connectivity index (χ2n) is 6.36. The van der Waals surface area contributed by atoms with Gasteiger partial charge in [-0.1, -0.05) is 29.3 Å². The Kier molecular flexibility index (Phi) is 7.55. The lowest BCUT2D eigenvalue weighted by Crippen LogP contribution is -2.23. The van der Waals surface area contributed by atoms with Crippen LogP contribution in [0.1, 0.15) is 21.7 Å². The van der Waals surface area contributed by atoms with Gasteiger partial charge in [-0.2, -0.15) is 5.26 Å². The first-order valence-electron chi connectivity index (χ1n) is 9.19. The van der Waals surface area contributed by atoms with E-state index >= 15 is 0 Å². The van der Waals surface area contributed by atoms with E-state index in [1.807, 2.05) is 6.07 Å². The van der Waals surface area contributed by atoms with E-state index in [1.54, 1.807) is 18.2 Å². The van der Waals surface area contributed by atoms with Crippen LogP contribution >= 0.6 is 23.2 Å². The van der Waals surface area contributed by atoms with E-state index in [-0.39, 0.29) is 34.2 Å². The lowest BCUT2D eigenvalue weighted by molar-refractivity contribution is -0.117. The monoisotopic (exact) mass is 470 g/mol. The molecule has 0 spiro atoms. The van der Waals surface area contributed by atoms with Crippen LogP contribution in [0.2, 0.25) is 10.0 Å². The van der Waals surface area contributed by atoms with Crippen molar-refractivity contribution in [2.45, 2.75) is 6.54 Å². The third-order valence-electron chi connectivity index (χ3n) is 4.22. The first-order chi connectivity index (χ1) is 15.4. The van der Waals surface area contributed by atoms with Crippen LogP contribution < -0.4 is 14.8 Å². The van der Waals surface area contributed by atoms with Crippen molar-refractivity contribution in [1.82, 2.24) is 5.32 Å². The summed E-state index contributed by atoms with van der Waals surface area (Å²) in [6, 6.07) is 14.3. The summed E-state index contributed by atoms with van der Waals surface area (Å²) in [6.07, 6.45) is 2.88. The molecule has 0 fully saturated rings. The van der Waals surface area contributed by atoms with Crippen molar-refractivity contribution in [2.75, 3.05) is 7.11 Å². The Labute approximate surface area is 193 Å². The Balaban J connectivity index is 1.75. The molecule has 0 atom stereocenters. The molecule has 2 aromatic carbocycles. The number of hydrogen-bond donors (Lipinski definition) is 1. The van der Waals surface area contributed by atoms with Crippen molar-refractivity contribution in [3.63, 3.8) is 0 Å². The van der Waals surface area contributed by atoms with Gasteiger partial charge in [-0.3, -0.25) is 4.79 Å². The molecule has 32 heavy (non-hydrogen) atoms. The van der Waals surface area contributed by atoms with E-state index in [2.05, 4.69) is 5.32 Å². The summed E-state index contributed by atoms with van der Waals surface area (Å²) < 4.78 is 15.8. The number of amides is 1. The number of nitriles is 1. The zero-order chi connectivity index (χ0) is 23.1. The second kappa shape index (κ2) is 10.5. The normalized spacial score (nSPS) is 10.9. The molecule has 0 aliphatic rings. The van der Waals surface area contributed by atoms with Crippen LogP contribution in [-0.2, 0) is 11.3 Å². The highest BCUT2D eigenvalue weighted by Gasteiger charge is 2.15. The number of carbonyl (C=O) groups is 2. The summed E-state index contributed by atoms with van der Waals surface area (Å²) in [6.45, 7) is 0.151. The molecule has 0 radical (unpaired) electrons. The van der Waals surface area contributed by atoms with Crippen molar-refractivity contribution in [3.05, 3.63) is 87.3 Å². The maximum atomic E-state index is 12.4. The fourth-order valence-corrected chi connectivity index (χ4v) is 2.93. The number of methoxy groups -OCH3 is 1. The Bertz CT molecular complexity index is 1210. The zero-order valence-electron chi connectivity index (χ0n) is 16.7. The maximum Gasteiger partial charge on any atom is 0.343 e. The van der Waals surface area contributed by atoms with Gasteiger partial charge in [-0.05, 0) is 54.1 Å². The van der Waals surface area contributed by atoms with E-state index in [9.17, 15) is 14.9 Å². The third kappa shape index (κ3) is 5.70. The smallest absolute Gasteiger partial charge is 0.343 e. The van der Waals surface area contributed by atoms with Gasteiger partial charge >= 0.3 is 5.97 Å². The summed E-state index contributed by atoms with van der Waals surface area (Å²) >= 11 is 11.8. The first-order valence-corrected chi connectivity index (χ1v) is 9.94. The predicted octanol–water partition coefficient (Wildman–Crippen LogP) is 5.04. The molecular weight excluding hydrogens is 455 g/mol. The minimum Gasteiger partial charge on any atom is -0.493 e. The fourth-order valence-electron chi connectivity index (χ4n) is 2.63. The molecular formula is C23H16Cl2N2O5. The number of nitrogens with zero attached hydrogens (tertiary/aromatic N) is 1. The molecule has 1 amide bonds. The van der Waals surface area contributed by atoms with Crippen molar-refractivity contribution in [2.24, 2.45) is 0 Å². The highest BCUT2D eigenvalue weighted by atomic mass is 35.5. The van der Waals surface area contributed by atoms with Crippen molar-refractivity contribution in [3.8, 4) is 17.6 Å². The molecule has 0 unspecified atom stereocenters. The van der Waals surface area contributed by atoms with Crippen LogP contribution in [0.25, 0.3) is 6.08 Å². The van der Waals surface area contributed by atoms with Gasteiger partial charge in [0.2, 0.25) is 0 Å². The van der Waals surface area contributed by atoms with Gasteiger partial charge in [0.25, 0.3) is 5.91 Å². The molecule has 0 bridgehead atoms. The number of furan rings is 1. The van der Waals surface area contributed by atoms with Gasteiger partial charge in [-0.25, -0.2) is 4.79 Å². The van der Waals surface area contributed by atoms with E-state index in [0.29, 0.717) is 16.3 Å². The topological polar surface area (TPSA) is 102 Å². The van der Waals surface area contributed by atoms with E-state index in [1.165, 1.54) is 49.8 Å². The van der Waals surface area contributed by atoms with Gasteiger partial charge < -0.3 is 19.2 Å². The SMILES string of the molecule is COc1cc(C=C(C#N)C(=O)NCc2ccco2)ccc1OC(=O)c1ccc(Cl)c(Cl)c1. The number of hydrogen-bond acceptors (Lipinski definition) is 6. The van der Waals surface area contributed by atoms with Crippen LogP contribution in [0.3, 0.4) is 0 Å². The van der Waals surface area contributed by atoms with Crippen LogP contribution in [0.4, 0.5) is 0 Å². The first kappa shape index (κ1) is 22.9. The molecule has 162 valence electrons. The predicted molar refractivity (Wildman–Crippen MR) is 119 cm³/mol. The van der Waals surface area contributed by atoms with Crippen LogP contribution in [0.15, 0.2) is 64.8 Å². The molecule has 7 nitrogen and oxygen atoms in total. The number of esters is 1. The van der Waals surface area contributed by atoms with Crippen molar-refractivity contribution in [1.29, 1.82) is 5.26 Å². The summed E-state index contributed by atoms with van der Waals surface area (Å²) in [4.78, 5) is 24.7. The molecule has 0 aliphatic carbocycles. The molecule has 1 aromatic heterocycles. The van der Waals surface area contributed by atoms with Crippen LogP contribution in [-0.4, -0.2) is 19.0 Å². The van der Waals surface area contributed by atoms with Gasteiger partial charge in [0.1, 0.15) is 17.4 Å². The summed E-state index contributed by atoms with van der Waals surface area (Å²) in [5, 5.41) is 12.5. The number of rotatable bonds is 7. The number of halogens is 2. The number of carbonyl (C=O) groups excluding carboxylic acids is 2. The highest BCUT2D eigenvalue weighted by Crippen LogP contribution is 2.30. The van der Waals surface area contributed by atoms with Gasteiger partial charge in [0.05, 0.1) is 35.5 Å².